The number of ketones is 1. The van der Waals surface area contributed by atoms with E-state index in [4.69, 9.17) is 0 Å². The van der Waals surface area contributed by atoms with Crippen LogP contribution in [0.3, 0.4) is 0 Å². The van der Waals surface area contributed by atoms with Crippen molar-refractivity contribution in [3.8, 4) is 11.1 Å². The van der Waals surface area contributed by atoms with Gasteiger partial charge in [0.2, 0.25) is 0 Å². The van der Waals surface area contributed by atoms with Crippen LogP contribution in [0, 0.1) is 5.82 Å². The summed E-state index contributed by atoms with van der Waals surface area (Å²) in [5, 5.41) is 0. The van der Waals surface area contributed by atoms with Crippen molar-refractivity contribution in [2.45, 2.75) is 6.92 Å². The van der Waals surface area contributed by atoms with Gasteiger partial charge in [-0.25, -0.2) is 4.39 Å². The lowest BCUT2D eigenvalue weighted by Crippen LogP contribution is -2.50. The Hall–Kier alpha value is -2.99. The van der Waals surface area contributed by atoms with Gasteiger partial charge in [0.25, 0.3) is 11.7 Å². The highest BCUT2D eigenvalue weighted by atomic mass is 19.1. The fraction of sp³-hybridized carbons (Fsp3) is 0.273. The first-order valence-corrected chi connectivity index (χ1v) is 9.50. The smallest absolute Gasteiger partial charge is 0.296 e. The molecular weight excluding hydrogens is 357 g/mol. The molecule has 0 spiro atoms. The van der Waals surface area contributed by atoms with E-state index in [1.165, 1.54) is 12.1 Å². The van der Waals surface area contributed by atoms with Crippen LogP contribution in [-0.4, -0.2) is 58.6 Å². The van der Waals surface area contributed by atoms with Crippen molar-refractivity contribution in [2.24, 2.45) is 0 Å². The van der Waals surface area contributed by atoms with E-state index in [1.807, 2.05) is 24.3 Å². The van der Waals surface area contributed by atoms with E-state index in [-0.39, 0.29) is 5.82 Å². The van der Waals surface area contributed by atoms with Crippen LogP contribution in [-0.2, 0) is 4.79 Å². The first-order chi connectivity index (χ1) is 13.6. The van der Waals surface area contributed by atoms with Gasteiger partial charge in [-0.1, -0.05) is 25.1 Å². The number of carbonyl (C=O) groups excluding carboxylic acids is 2. The maximum atomic E-state index is 13.4. The molecule has 4 rings (SSSR count). The zero-order valence-electron chi connectivity index (χ0n) is 15.8. The summed E-state index contributed by atoms with van der Waals surface area (Å²) in [7, 11) is 0. The van der Waals surface area contributed by atoms with Gasteiger partial charge in [0.15, 0.2) is 0 Å². The van der Waals surface area contributed by atoms with E-state index in [9.17, 15) is 14.0 Å². The Bertz CT molecular complexity index is 1020. The van der Waals surface area contributed by atoms with Crippen molar-refractivity contribution in [2.75, 3.05) is 32.7 Å². The third-order valence-electron chi connectivity index (χ3n) is 5.35. The highest BCUT2D eigenvalue weighted by Gasteiger charge is 2.30. The number of halogens is 1. The summed E-state index contributed by atoms with van der Waals surface area (Å²) in [5.41, 5.74) is 2.48. The molecule has 0 radical (unpaired) electrons. The normalized spacial score (nSPS) is 15.1. The second-order valence-corrected chi connectivity index (χ2v) is 6.96. The molecule has 0 saturated carbocycles. The van der Waals surface area contributed by atoms with Crippen molar-refractivity contribution >= 4 is 17.2 Å². The number of Topliss-reactive ketones (excluding diaryl/α,β-unsaturated/α-hetero) is 1. The number of carbonyl (C=O) groups is 2. The first kappa shape index (κ1) is 18.4. The quantitative estimate of drug-likeness (QED) is 0.517. The molecule has 1 amide bonds. The Morgan fingerprint density at radius 2 is 1.71 bits per heavy atom. The van der Waals surface area contributed by atoms with Crippen LogP contribution >= 0.6 is 0 Å². The molecule has 6 heteroatoms. The molecule has 0 N–H and O–H groups in total. The fourth-order valence-electron chi connectivity index (χ4n) is 3.72. The molecule has 0 atom stereocenters. The molecule has 2 aromatic heterocycles. The number of hydrogen-bond acceptors (Lipinski definition) is 3. The Kier molecular flexibility index (Phi) is 4.96. The maximum absolute atomic E-state index is 13.4. The lowest BCUT2D eigenvalue weighted by molar-refractivity contribution is -0.128. The van der Waals surface area contributed by atoms with Gasteiger partial charge >= 0.3 is 0 Å². The van der Waals surface area contributed by atoms with E-state index in [0.717, 1.165) is 25.2 Å². The van der Waals surface area contributed by atoms with Crippen molar-refractivity contribution < 1.29 is 14.0 Å². The van der Waals surface area contributed by atoms with E-state index in [2.05, 4.69) is 11.8 Å². The Morgan fingerprint density at radius 1 is 1.00 bits per heavy atom. The summed E-state index contributed by atoms with van der Waals surface area (Å²) in [4.78, 5) is 30.1. The molecule has 1 aliphatic heterocycles. The second kappa shape index (κ2) is 7.56. The molecule has 1 saturated heterocycles. The number of fused-ring (bicyclic) bond motifs is 1. The third kappa shape index (κ3) is 3.31. The molecule has 5 nitrogen and oxygen atoms in total. The molecule has 28 heavy (non-hydrogen) atoms. The number of amides is 1. The molecule has 1 fully saturated rings. The van der Waals surface area contributed by atoms with Crippen LogP contribution in [0.4, 0.5) is 4.39 Å². The average Bonchev–Trinajstić information content (AvgIpc) is 3.12. The number of rotatable bonds is 4. The van der Waals surface area contributed by atoms with Crippen LogP contribution in [0.15, 0.2) is 54.7 Å². The Balaban J connectivity index is 1.72. The van der Waals surface area contributed by atoms with Crippen molar-refractivity contribution in [3.05, 3.63) is 66.2 Å². The first-order valence-electron chi connectivity index (χ1n) is 9.50. The molecule has 1 aliphatic rings. The van der Waals surface area contributed by atoms with E-state index >= 15 is 0 Å². The van der Waals surface area contributed by atoms with Crippen LogP contribution < -0.4 is 0 Å². The minimum Gasteiger partial charge on any atom is -0.333 e. The monoisotopic (exact) mass is 379 g/mol. The van der Waals surface area contributed by atoms with E-state index in [1.54, 1.807) is 27.6 Å². The Morgan fingerprint density at radius 3 is 2.39 bits per heavy atom. The predicted octanol–water partition coefficient (Wildman–Crippen LogP) is 3.09. The molecule has 3 aromatic rings. The van der Waals surface area contributed by atoms with Gasteiger partial charge in [-0.15, -0.1) is 0 Å². The van der Waals surface area contributed by atoms with Gasteiger partial charge in [-0.05, 0) is 42.4 Å². The van der Waals surface area contributed by atoms with Gasteiger partial charge in [0.05, 0.1) is 0 Å². The molecule has 0 aliphatic carbocycles. The van der Waals surface area contributed by atoms with Crippen LogP contribution in [0.5, 0.6) is 0 Å². The minimum absolute atomic E-state index is 0.324. The summed E-state index contributed by atoms with van der Waals surface area (Å²) in [6, 6.07) is 13.4. The third-order valence-corrected chi connectivity index (χ3v) is 5.35. The van der Waals surface area contributed by atoms with Gasteiger partial charge < -0.3 is 14.2 Å². The molecule has 3 heterocycles. The van der Waals surface area contributed by atoms with E-state index in [0.29, 0.717) is 29.9 Å². The molecular formula is C22H22FN3O2. The van der Waals surface area contributed by atoms with Gasteiger partial charge in [0, 0.05) is 43.5 Å². The minimum atomic E-state index is -0.532. The van der Waals surface area contributed by atoms with Crippen molar-refractivity contribution in [1.82, 2.24) is 14.2 Å². The summed E-state index contributed by atoms with van der Waals surface area (Å²) in [6.07, 6.45) is 1.78. The van der Waals surface area contributed by atoms with Gasteiger partial charge in [-0.3, -0.25) is 9.59 Å². The number of pyridine rings is 1. The Labute approximate surface area is 163 Å². The predicted molar refractivity (Wildman–Crippen MR) is 106 cm³/mol. The highest BCUT2D eigenvalue weighted by molar-refractivity contribution is 6.43. The maximum Gasteiger partial charge on any atom is 0.296 e. The largest absolute Gasteiger partial charge is 0.333 e. The molecule has 0 bridgehead atoms. The standard InChI is InChI=1S/C22H22FN3O2/c1-2-24-11-13-25(14-12-24)22(28)21(27)20-19(16-6-8-17(23)9-7-16)15-18-5-3-4-10-26(18)20/h3-10,15H,2,11-14H2,1H3. The SMILES string of the molecule is CCN1CCN(C(=O)C(=O)c2c(-c3ccc(F)cc3)cc3ccccn23)CC1. The zero-order valence-corrected chi connectivity index (χ0v) is 15.8. The number of aromatic nitrogens is 1. The zero-order chi connectivity index (χ0) is 19.7. The van der Waals surface area contributed by atoms with Crippen molar-refractivity contribution in [1.29, 1.82) is 0 Å². The summed E-state index contributed by atoms with van der Waals surface area (Å²) in [5.74, 6) is -1.36. The lowest BCUT2D eigenvalue weighted by Gasteiger charge is -2.33. The number of benzene rings is 1. The fourth-order valence-corrected chi connectivity index (χ4v) is 3.72. The van der Waals surface area contributed by atoms with Gasteiger partial charge in [-0.2, -0.15) is 0 Å². The molecule has 144 valence electrons. The topological polar surface area (TPSA) is 45.0 Å². The summed E-state index contributed by atoms with van der Waals surface area (Å²) in [6.45, 7) is 5.67. The number of piperazine rings is 1. The summed E-state index contributed by atoms with van der Waals surface area (Å²) >= 11 is 0. The van der Waals surface area contributed by atoms with E-state index < -0.39 is 11.7 Å². The number of nitrogens with zero attached hydrogens (tertiary/aromatic N) is 3. The van der Waals surface area contributed by atoms with Crippen LogP contribution in [0.1, 0.15) is 17.4 Å². The summed E-state index contributed by atoms with van der Waals surface area (Å²) < 4.78 is 15.1. The average molecular weight is 379 g/mol. The highest BCUT2D eigenvalue weighted by Crippen LogP contribution is 2.29. The molecule has 0 unspecified atom stereocenters. The second-order valence-electron chi connectivity index (χ2n) is 6.96. The van der Waals surface area contributed by atoms with Crippen LogP contribution in [0.25, 0.3) is 16.6 Å². The molecule has 1 aromatic carbocycles. The number of likely N-dealkylation sites (N-methyl/N-ethyl adjacent to an activating group) is 1. The van der Waals surface area contributed by atoms with Crippen LogP contribution in [0.2, 0.25) is 0 Å². The van der Waals surface area contributed by atoms with Gasteiger partial charge in [0.1, 0.15) is 11.5 Å². The number of hydrogen-bond donors (Lipinski definition) is 0. The van der Waals surface area contributed by atoms with Crippen molar-refractivity contribution in [3.63, 3.8) is 0 Å². The lowest BCUT2D eigenvalue weighted by atomic mass is 10.0.